The molecule has 2 heterocycles. The summed E-state index contributed by atoms with van der Waals surface area (Å²) in [6.45, 7) is 0.531. The molecule has 1 fully saturated rings. The Labute approximate surface area is 168 Å². The van der Waals surface area contributed by atoms with E-state index in [0.29, 0.717) is 4.90 Å². The minimum atomic E-state index is -5.15. The highest BCUT2D eigenvalue weighted by Gasteiger charge is 2.68. The third kappa shape index (κ3) is 3.44. The predicted molar refractivity (Wildman–Crippen MR) is 94.6 cm³/mol. The summed E-state index contributed by atoms with van der Waals surface area (Å²) in [4.78, 5) is 49.4. The van der Waals surface area contributed by atoms with Crippen LogP contribution in [0.1, 0.15) is 12.5 Å². The largest absolute Gasteiger partial charge is 0.463 e. The SMILES string of the molecule is CCOC(=O)C1=C(CN2C(=O)NC(c3ccccc3)(C(F)(F)F)C2=O)NC(=O)NC1. The number of urea groups is 2. The number of carbonyl (C=O) groups is 4. The summed E-state index contributed by atoms with van der Waals surface area (Å²) >= 11 is 0. The molecule has 0 spiro atoms. The van der Waals surface area contributed by atoms with Gasteiger partial charge in [-0.1, -0.05) is 30.3 Å². The number of hydrogen-bond acceptors (Lipinski definition) is 5. The maximum absolute atomic E-state index is 14.0. The molecule has 3 rings (SSSR count). The van der Waals surface area contributed by atoms with Crippen molar-refractivity contribution in [2.24, 2.45) is 0 Å². The van der Waals surface area contributed by atoms with Crippen LogP contribution in [0.3, 0.4) is 0 Å². The van der Waals surface area contributed by atoms with Crippen LogP contribution in [-0.4, -0.2) is 54.7 Å². The number of nitrogens with zero attached hydrogens (tertiary/aromatic N) is 1. The molecule has 0 bridgehead atoms. The number of halogens is 3. The molecule has 2 aliphatic rings. The molecular formula is C18H17F3N4O5. The number of amides is 5. The van der Waals surface area contributed by atoms with Gasteiger partial charge in [0.05, 0.1) is 31.0 Å². The second kappa shape index (κ2) is 7.69. The fourth-order valence-electron chi connectivity index (χ4n) is 3.20. The minimum absolute atomic E-state index is 0.0118. The number of nitrogens with one attached hydrogen (secondary N) is 3. The number of carbonyl (C=O) groups excluding carboxylic acids is 4. The topological polar surface area (TPSA) is 117 Å². The van der Waals surface area contributed by atoms with Crippen molar-refractivity contribution in [2.45, 2.75) is 18.6 Å². The number of ether oxygens (including phenoxy) is 1. The van der Waals surface area contributed by atoms with Crippen molar-refractivity contribution in [3.8, 4) is 0 Å². The summed E-state index contributed by atoms with van der Waals surface area (Å²) in [5.74, 6) is -2.41. The van der Waals surface area contributed by atoms with E-state index < -0.39 is 47.8 Å². The standard InChI is InChI=1S/C18H17F3N4O5/c1-2-30-13(26)11-8-22-15(28)23-12(11)9-25-14(27)17(18(19,20)21,24-16(25)29)10-6-4-3-5-7-10/h3-7H,2,8-9H2,1H3,(H,24,29)(H2,22,23,28). The van der Waals surface area contributed by atoms with Crippen LogP contribution in [0.4, 0.5) is 22.8 Å². The van der Waals surface area contributed by atoms with Crippen molar-refractivity contribution < 1.29 is 37.1 Å². The highest BCUT2D eigenvalue weighted by molar-refractivity contribution is 6.08. The van der Waals surface area contributed by atoms with Crippen LogP contribution in [0.5, 0.6) is 0 Å². The maximum atomic E-state index is 14.0. The smallest absolute Gasteiger partial charge is 0.425 e. The van der Waals surface area contributed by atoms with E-state index in [1.54, 1.807) is 12.2 Å². The number of benzene rings is 1. The summed E-state index contributed by atoms with van der Waals surface area (Å²) in [7, 11) is 0. The van der Waals surface area contributed by atoms with Crippen molar-refractivity contribution >= 4 is 23.9 Å². The normalized spacial score (nSPS) is 21.9. The van der Waals surface area contributed by atoms with Crippen LogP contribution in [0.25, 0.3) is 0 Å². The van der Waals surface area contributed by atoms with Gasteiger partial charge in [0, 0.05) is 0 Å². The summed E-state index contributed by atoms with van der Waals surface area (Å²) < 4.78 is 46.9. The fraction of sp³-hybridized carbons (Fsp3) is 0.333. The summed E-state index contributed by atoms with van der Waals surface area (Å²) in [5.41, 5.74) is -4.06. The van der Waals surface area contributed by atoms with E-state index in [2.05, 4.69) is 10.6 Å². The first kappa shape index (κ1) is 21.1. The van der Waals surface area contributed by atoms with E-state index in [0.717, 1.165) is 12.1 Å². The van der Waals surface area contributed by atoms with Crippen molar-refractivity contribution in [3.63, 3.8) is 0 Å². The van der Waals surface area contributed by atoms with Crippen molar-refractivity contribution in [2.75, 3.05) is 19.7 Å². The zero-order valence-electron chi connectivity index (χ0n) is 15.6. The van der Waals surface area contributed by atoms with Crippen molar-refractivity contribution in [3.05, 3.63) is 47.2 Å². The van der Waals surface area contributed by atoms with Crippen LogP contribution in [0.15, 0.2) is 41.6 Å². The second-order valence-electron chi connectivity index (χ2n) is 6.42. The van der Waals surface area contributed by atoms with E-state index in [9.17, 15) is 32.3 Å². The third-order valence-electron chi connectivity index (χ3n) is 4.63. The average molecular weight is 426 g/mol. The van der Waals surface area contributed by atoms with Gasteiger partial charge in [0.2, 0.25) is 5.54 Å². The molecule has 1 aromatic carbocycles. The van der Waals surface area contributed by atoms with Gasteiger partial charge in [0.15, 0.2) is 0 Å². The first-order valence-electron chi connectivity index (χ1n) is 8.82. The minimum Gasteiger partial charge on any atom is -0.463 e. The van der Waals surface area contributed by atoms with Gasteiger partial charge in [0.25, 0.3) is 5.91 Å². The lowest BCUT2D eigenvalue weighted by Gasteiger charge is -2.30. The van der Waals surface area contributed by atoms with Crippen molar-refractivity contribution in [1.29, 1.82) is 0 Å². The molecule has 30 heavy (non-hydrogen) atoms. The lowest BCUT2D eigenvalue weighted by atomic mass is 9.89. The van der Waals surface area contributed by atoms with E-state index >= 15 is 0 Å². The van der Waals surface area contributed by atoms with Crippen LogP contribution in [-0.2, 0) is 19.9 Å². The molecule has 160 valence electrons. The molecule has 1 saturated heterocycles. The quantitative estimate of drug-likeness (QED) is 0.482. The Hall–Kier alpha value is -3.57. The number of rotatable bonds is 5. The van der Waals surface area contributed by atoms with Gasteiger partial charge >= 0.3 is 24.2 Å². The molecule has 2 aliphatic heterocycles. The zero-order valence-corrected chi connectivity index (χ0v) is 15.6. The molecule has 12 heteroatoms. The summed E-state index contributed by atoms with van der Waals surface area (Å²) in [5, 5.41) is 6.31. The molecule has 3 N–H and O–H groups in total. The van der Waals surface area contributed by atoms with Gasteiger partial charge in [0.1, 0.15) is 0 Å². The monoisotopic (exact) mass is 426 g/mol. The van der Waals surface area contributed by atoms with E-state index in [-0.39, 0.29) is 24.4 Å². The fourth-order valence-corrected chi connectivity index (χ4v) is 3.20. The number of hydrogen-bond donors (Lipinski definition) is 3. The van der Waals surface area contributed by atoms with Gasteiger partial charge in [-0.25, -0.2) is 14.4 Å². The van der Waals surface area contributed by atoms with Crippen molar-refractivity contribution in [1.82, 2.24) is 20.9 Å². The van der Waals surface area contributed by atoms with E-state index in [1.807, 2.05) is 0 Å². The van der Waals surface area contributed by atoms with Gasteiger partial charge < -0.3 is 20.7 Å². The number of esters is 1. The summed E-state index contributed by atoms with van der Waals surface area (Å²) in [6, 6.07) is 4.17. The Morgan fingerprint density at radius 1 is 1.20 bits per heavy atom. The van der Waals surface area contributed by atoms with Crippen LogP contribution in [0.2, 0.25) is 0 Å². The number of imide groups is 1. The van der Waals surface area contributed by atoms with E-state index in [1.165, 1.54) is 18.2 Å². The van der Waals surface area contributed by atoms with Gasteiger partial charge in [-0.05, 0) is 12.5 Å². The lowest BCUT2D eigenvalue weighted by Crippen LogP contribution is -2.56. The van der Waals surface area contributed by atoms with Gasteiger partial charge in [-0.2, -0.15) is 13.2 Å². The van der Waals surface area contributed by atoms with Crippen LogP contribution < -0.4 is 16.0 Å². The first-order chi connectivity index (χ1) is 14.1. The summed E-state index contributed by atoms with van der Waals surface area (Å²) in [6.07, 6.45) is -5.15. The Balaban J connectivity index is 2.01. The molecule has 1 aromatic rings. The predicted octanol–water partition coefficient (Wildman–Crippen LogP) is 1.13. The Kier molecular flexibility index (Phi) is 5.42. The first-order valence-corrected chi connectivity index (χ1v) is 8.82. The Morgan fingerprint density at radius 2 is 1.87 bits per heavy atom. The molecule has 0 saturated carbocycles. The van der Waals surface area contributed by atoms with Gasteiger partial charge in [-0.15, -0.1) is 0 Å². The van der Waals surface area contributed by atoms with Crippen LogP contribution >= 0.6 is 0 Å². The van der Waals surface area contributed by atoms with Gasteiger partial charge in [-0.3, -0.25) is 9.69 Å². The molecular weight excluding hydrogens is 409 g/mol. The van der Waals surface area contributed by atoms with Crippen LogP contribution in [0, 0.1) is 0 Å². The maximum Gasteiger partial charge on any atom is 0.425 e. The Bertz CT molecular complexity index is 931. The molecule has 9 nitrogen and oxygen atoms in total. The highest BCUT2D eigenvalue weighted by Crippen LogP contribution is 2.43. The second-order valence-corrected chi connectivity index (χ2v) is 6.42. The molecule has 1 unspecified atom stereocenters. The molecule has 0 radical (unpaired) electrons. The molecule has 5 amide bonds. The molecule has 0 aromatic heterocycles. The highest BCUT2D eigenvalue weighted by atomic mass is 19.4. The molecule has 0 aliphatic carbocycles. The lowest BCUT2D eigenvalue weighted by molar-refractivity contribution is -0.198. The van der Waals surface area contributed by atoms with E-state index in [4.69, 9.17) is 4.74 Å². The average Bonchev–Trinajstić information content (AvgIpc) is 2.94. The zero-order chi connectivity index (χ0) is 22.1. The third-order valence-corrected chi connectivity index (χ3v) is 4.63. The molecule has 1 atom stereocenters. The Morgan fingerprint density at radius 3 is 2.47 bits per heavy atom. The number of alkyl halides is 3.